The van der Waals surface area contributed by atoms with E-state index in [4.69, 9.17) is 4.74 Å². The highest BCUT2D eigenvalue weighted by molar-refractivity contribution is 5.85. The van der Waals surface area contributed by atoms with Crippen LogP contribution in [0.3, 0.4) is 0 Å². The Balaban J connectivity index is 1.51. The Bertz CT molecular complexity index is 1320. The molecule has 0 spiro atoms. The van der Waals surface area contributed by atoms with Gasteiger partial charge in [0.15, 0.2) is 0 Å². The van der Waals surface area contributed by atoms with Gasteiger partial charge in [0.05, 0.1) is 11.5 Å². The first kappa shape index (κ1) is 19.0. The van der Waals surface area contributed by atoms with Crippen LogP contribution in [0.25, 0.3) is 10.9 Å². The molecule has 0 fully saturated rings. The van der Waals surface area contributed by atoms with Crippen molar-refractivity contribution in [3.05, 3.63) is 81.5 Å². The zero-order chi connectivity index (χ0) is 21.5. The SMILES string of the molecule is Cc1cc(Oc2ncnc(N3CCc4c([nH]c5ccccc45)C3)c2[N+](=O)[O-])ccc1F. The summed E-state index contributed by atoms with van der Waals surface area (Å²) in [6.45, 7) is 2.62. The topological polar surface area (TPSA) is 97.2 Å². The average molecular weight is 419 g/mol. The lowest BCUT2D eigenvalue weighted by Gasteiger charge is -2.27. The number of aromatic amines is 1. The molecular weight excluding hydrogens is 401 g/mol. The maximum atomic E-state index is 13.6. The Labute approximate surface area is 176 Å². The molecule has 2 aromatic heterocycles. The van der Waals surface area contributed by atoms with Gasteiger partial charge < -0.3 is 14.6 Å². The van der Waals surface area contributed by atoms with E-state index >= 15 is 0 Å². The third-order valence-corrected chi connectivity index (χ3v) is 5.48. The van der Waals surface area contributed by atoms with Gasteiger partial charge in [0.2, 0.25) is 5.82 Å². The number of rotatable bonds is 4. The van der Waals surface area contributed by atoms with Crippen molar-refractivity contribution in [3.8, 4) is 11.6 Å². The van der Waals surface area contributed by atoms with Crippen molar-refractivity contribution in [1.29, 1.82) is 0 Å². The Morgan fingerprint density at radius 1 is 1.23 bits per heavy atom. The normalized spacial score (nSPS) is 13.3. The number of hydrogen-bond acceptors (Lipinski definition) is 6. The molecule has 4 aromatic rings. The van der Waals surface area contributed by atoms with Crippen molar-refractivity contribution in [3.63, 3.8) is 0 Å². The van der Waals surface area contributed by atoms with E-state index < -0.39 is 4.92 Å². The number of aromatic nitrogens is 3. The van der Waals surface area contributed by atoms with Crippen LogP contribution in [0, 0.1) is 22.9 Å². The van der Waals surface area contributed by atoms with E-state index in [9.17, 15) is 14.5 Å². The molecule has 1 aliphatic heterocycles. The van der Waals surface area contributed by atoms with Gasteiger partial charge in [0.25, 0.3) is 0 Å². The predicted octanol–water partition coefficient (Wildman–Crippen LogP) is 4.67. The molecule has 5 rings (SSSR count). The fraction of sp³-hybridized carbons (Fsp3) is 0.182. The van der Waals surface area contributed by atoms with E-state index in [0.717, 1.165) is 17.6 Å². The maximum Gasteiger partial charge on any atom is 0.373 e. The number of H-pyrrole nitrogens is 1. The van der Waals surface area contributed by atoms with Gasteiger partial charge in [-0.15, -0.1) is 0 Å². The molecule has 31 heavy (non-hydrogen) atoms. The molecule has 156 valence electrons. The summed E-state index contributed by atoms with van der Waals surface area (Å²) in [6, 6.07) is 12.2. The van der Waals surface area contributed by atoms with E-state index in [-0.39, 0.29) is 29.0 Å². The molecule has 8 nitrogen and oxygen atoms in total. The van der Waals surface area contributed by atoms with Gasteiger partial charge in [-0.3, -0.25) is 10.1 Å². The Morgan fingerprint density at radius 2 is 2.06 bits per heavy atom. The first-order chi connectivity index (χ1) is 15.0. The summed E-state index contributed by atoms with van der Waals surface area (Å²) in [6.07, 6.45) is 1.97. The molecule has 1 N–H and O–H groups in total. The van der Waals surface area contributed by atoms with Gasteiger partial charge in [-0.05, 0) is 48.7 Å². The van der Waals surface area contributed by atoms with Crippen molar-refractivity contribution in [2.24, 2.45) is 0 Å². The van der Waals surface area contributed by atoms with E-state index in [0.29, 0.717) is 18.7 Å². The van der Waals surface area contributed by atoms with Crippen LogP contribution >= 0.6 is 0 Å². The summed E-state index contributed by atoms with van der Waals surface area (Å²) in [5, 5.41) is 13.1. The molecule has 1 aliphatic rings. The van der Waals surface area contributed by atoms with Gasteiger partial charge in [-0.1, -0.05) is 18.2 Å². The molecule has 3 heterocycles. The number of fused-ring (bicyclic) bond motifs is 3. The van der Waals surface area contributed by atoms with Crippen molar-refractivity contribution in [1.82, 2.24) is 15.0 Å². The van der Waals surface area contributed by atoms with Crippen LogP contribution in [0.1, 0.15) is 16.8 Å². The van der Waals surface area contributed by atoms with Crippen LogP contribution in [-0.2, 0) is 13.0 Å². The van der Waals surface area contributed by atoms with Gasteiger partial charge in [-0.2, -0.15) is 4.98 Å². The standard InChI is InChI=1S/C22H18FN5O3/c1-13-10-14(6-7-17(13)23)31-22-20(28(29)30)21(24-12-25-22)27-9-8-16-15-4-2-3-5-18(15)26-19(16)11-27/h2-7,10,12,26H,8-9,11H2,1H3. The average Bonchev–Trinajstić information content (AvgIpc) is 3.14. The minimum atomic E-state index is -0.540. The summed E-state index contributed by atoms with van der Waals surface area (Å²) in [7, 11) is 0. The number of aryl methyl sites for hydroxylation is 1. The molecule has 0 saturated carbocycles. The van der Waals surface area contributed by atoms with Crippen LogP contribution in [-0.4, -0.2) is 26.4 Å². The second kappa shape index (κ2) is 7.35. The monoisotopic (exact) mass is 419 g/mol. The molecule has 0 aliphatic carbocycles. The van der Waals surface area contributed by atoms with Crippen molar-refractivity contribution >= 4 is 22.4 Å². The molecule has 0 atom stereocenters. The highest BCUT2D eigenvalue weighted by atomic mass is 19.1. The number of nitro groups is 1. The smallest absolute Gasteiger partial charge is 0.373 e. The number of para-hydroxylation sites is 1. The van der Waals surface area contributed by atoms with Crippen molar-refractivity contribution in [2.75, 3.05) is 11.4 Å². The van der Waals surface area contributed by atoms with E-state index in [1.165, 1.54) is 35.5 Å². The molecule has 0 amide bonds. The zero-order valence-corrected chi connectivity index (χ0v) is 16.6. The quantitative estimate of drug-likeness (QED) is 0.381. The maximum absolute atomic E-state index is 13.6. The fourth-order valence-electron chi connectivity index (χ4n) is 3.99. The number of ether oxygens (including phenoxy) is 1. The van der Waals surface area contributed by atoms with Crippen molar-refractivity contribution in [2.45, 2.75) is 19.9 Å². The number of benzene rings is 2. The largest absolute Gasteiger partial charge is 0.434 e. The number of hydrogen-bond donors (Lipinski definition) is 1. The van der Waals surface area contributed by atoms with E-state index in [2.05, 4.69) is 21.0 Å². The third-order valence-electron chi connectivity index (χ3n) is 5.48. The molecule has 2 aromatic carbocycles. The second-order valence-corrected chi connectivity index (χ2v) is 7.42. The molecule has 9 heteroatoms. The lowest BCUT2D eigenvalue weighted by molar-refractivity contribution is -0.385. The summed E-state index contributed by atoms with van der Waals surface area (Å²) < 4.78 is 19.2. The Morgan fingerprint density at radius 3 is 2.87 bits per heavy atom. The fourth-order valence-corrected chi connectivity index (χ4v) is 3.99. The summed E-state index contributed by atoms with van der Waals surface area (Å²) in [5.74, 6) is -0.0996. The molecule has 0 radical (unpaired) electrons. The van der Waals surface area contributed by atoms with Crippen LogP contribution in [0.5, 0.6) is 11.6 Å². The molecule has 0 bridgehead atoms. The minimum Gasteiger partial charge on any atom is -0.434 e. The minimum absolute atomic E-state index is 0.177. The third kappa shape index (κ3) is 3.33. The number of halogens is 1. The first-order valence-corrected chi connectivity index (χ1v) is 9.78. The molecule has 0 unspecified atom stereocenters. The second-order valence-electron chi connectivity index (χ2n) is 7.42. The highest BCUT2D eigenvalue weighted by Crippen LogP contribution is 2.38. The summed E-state index contributed by atoms with van der Waals surface area (Å²) in [4.78, 5) is 24.8. The van der Waals surface area contributed by atoms with Gasteiger partial charge in [0, 0.05) is 23.1 Å². The first-order valence-electron chi connectivity index (χ1n) is 9.78. The van der Waals surface area contributed by atoms with Gasteiger partial charge >= 0.3 is 11.6 Å². The number of nitrogens with one attached hydrogen (secondary N) is 1. The highest BCUT2D eigenvalue weighted by Gasteiger charge is 2.31. The van der Waals surface area contributed by atoms with Crippen LogP contribution in [0.4, 0.5) is 15.9 Å². The zero-order valence-electron chi connectivity index (χ0n) is 16.6. The van der Waals surface area contributed by atoms with Crippen LogP contribution in [0.15, 0.2) is 48.8 Å². The van der Waals surface area contributed by atoms with Crippen LogP contribution < -0.4 is 9.64 Å². The molecular formula is C22H18FN5O3. The Kier molecular flexibility index (Phi) is 4.50. The van der Waals surface area contributed by atoms with Gasteiger partial charge in [0.1, 0.15) is 17.9 Å². The molecule has 0 saturated heterocycles. The Hall–Kier alpha value is -4.01. The van der Waals surface area contributed by atoms with Gasteiger partial charge in [-0.25, -0.2) is 9.37 Å². The lowest BCUT2D eigenvalue weighted by atomic mass is 10.0. The predicted molar refractivity (Wildman–Crippen MR) is 113 cm³/mol. The van der Waals surface area contributed by atoms with Crippen LogP contribution in [0.2, 0.25) is 0 Å². The lowest BCUT2D eigenvalue weighted by Crippen LogP contribution is -2.31. The van der Waals surface area contributed by atoms with E-state index in [1.807, 2.05) is 23.1 Å². The van der Waals surface area contributed by atoms with E-state index in [1.54, 1.807) is 6.92 Å². The van der Waals surface area contributed by atoms with Crippen molar-refractivity contribution < 1.29 is 14.1 Å². The number of nitrogens with zero attached hydrogens (tertiary/aromatic N) is 4. The summed E-state index contributed by atoms with van der Waals surface area (Å²) in [5.41, 5.74) is 3.34. The summed E-state index contributed by atoms with van der Waals surface area (Å²) >= 11 is 0. The number of anilines is 1.